The number of carbonyl (C=O) groups is 1. The summed E-state index contributed by atoms with van der Waals surface area (Å²) in [7, 11) is 0. The number of nitrogen functional groups attached to an aromatic ring is 2. The smallest absolute Gasteiger partial charge is 0.259 e. The maximum atomic E-state index is 13.1. The number of nitrogens with zero attached hydrogens (tertiary/aromatic N) is 5. The first-order chi connectivity index (χ1) is 16.9. The molecule has 0 bridgehead atoms. The Morgan fingerprint density at radius 1 is 1.00 bits per heavy atom. The van der Waals surface area contributed by atoms with Crippen LogP contribution in [0.4, 0.5) is 33.5 Å². The third-order valence-electron chi connectivity index (χ3n) is 4.55. The van der Waals surface area contributed by atoms with Gasteiger partial charge in [-0.3, -0.25) is 4.79 Å². The van der Waals surface area contributed by atoms with Crippen molar-refractivity contribution in [3.63, 3.8) is 0 Å². The fourth-order valence-corrected chi connectivity index (χ4v) is 3.77. The van der Waals surface area contributed by atoms with Crippen LogP contribution < -0.4 is 22.1 Å². The lowest BCUT2D eigenvalue weighted by Gasteiger charge is -2.10. The van der Waals surface area contributed by atoms with Crippen LogP contribution in [-0.2, 0) is 5.75 Å². The number of anilines is 5. The van der Waals surface area contributed by atoms with E-state index in [9.17, 15) is 14.4 Å². The molecule has 0 aliphatic heterocycles. The summed E-state index contributed by atoms with van der Waals surface area (Å²) in [6, 6.07) is 18.0. The summed E-state index contributed by atoms with van der Waals surface area (Å²) in [5, 5.41) is 15.6. The van der Waals surface area contributed by atoms with Gasteiger partial charge >= 0.3 is 0 Å². The Morgan fingerprint density at radius 3 is 2.46 bits per heavy atom. The molecule has 2 heterocycles. The van der Waals surface area contributed by atoms with Crippen molar-refractivity contribution in [2.75, 3.05) is 22.1 Å². The van der Waals surface area contributed by atoms with Crippen molar-refractivity contribution >= 4 is 46.8 Å². The highest BCUT2D eigenvalue weighted by molar-refractivity contribution is 7.98. The van der Waals surface area contributed by atoms with E-state index in [1.165, 1.54) is 30.3 Å². The van der Waals surface area contributed by atoms with E-state index in [0.717, 1.165) is 11.8 Å². The largest absolute Gasteiger partial charge is 0.383 e. The number of pyridine rings is 1. The van der Waals surface area contributed by atoms with Crippen molar-refractivity contribution in [3.05, 3.63) is 83.4 Å². The van der Waals surface area contributed by atoms with E-state index in [-0.39, 0.29) is 40.4 Å². The first kappa shape index (κ1) is 23.4. The lowest BCUT2D eigenvalue weighted by molar-refractivity contribution is 0.102. The molecule has 0 aliphatic rings. The van der Waals surface area contributed by atoms with Gasteiger partial charge in [0.25, 0.3) is 5.91 Å². The zero-order valence-corrected chi connectivity index (χ0v) is 18.9. The summed E-state index contributed by atoms with van der Waals surface area (Å²) in [5.41, 5.74) is 13.2. The average molecular weight is 488 g/mol. The Hall–Kier alpha value is -4.76. The number of nitrogens with one attached hydrogen (secondary N) is 2. The molecule has 1 amide bonds. The van der Waals surface area contributed by atoms with Gasteiger partial charge in [-0.15, -0.1) is 0 Å². The zero-order valence-electron chi connectivity index (χ0n) is 18.1. The van der Waals surface area contributed by atoms with Crippen LogP contribution >= 0.6 is 11.8 Å². The normalized spacial score (nSPS) is 10.4. The first-order valence-electron chi connectivity index (χ1n) is 10.1. The summed E-state index contributed by atoms with van der Waals surface area (Å²) in [5.74, 6) is -0.179. The Balaban J connectivity index is 1.50. The maximum absolute atomic E-state index is 13.1. The molecule has 0 atom stereocenters. The second-order valence-corrected chi connectivity index (χ2v) is 8.02. The third-order valence-corrected chi connectivity index (χ3v) is 5.54. The molecule has 4 aromatic rings. The van der Waals surface area contributed by atoms with E-state index >= 15 is 0 Å². The van der Waals surface area contributed by atoms with Gasteiger partial charge in [0.2, 0.25) is 11.9 Å². The molecule has 10 nitrogen and oxygen atoms in total. The minimum atomic E-state index is -0.476. The Labute approximate surface area is 203 Å². The summed E-state index contributed by atoms with van der Waals surface area (Å²) in [6.07, 6.45) is 0. The SMILES string of the molecule is N#Cc1cc(C(=O)Nc2ccccc2)c(N)nc1SCc1nc(N)nc(Nc2ccc(F)cc2)n1. The molecule has 6 N–H and O–H groups in total. The standard InChI is InChI=1S/C23H18FN9OS/c24-14-6-8-16(9-7-14)29-23-31-18(30-22(27)33-23)12-35-21-13(11-25)10-17(19(26)32-21)20(34)28-15-4-2-1-3-5-15/h1-10H,12H2,(H2,26,32)(H,28,34)(H3,27,29,30,31,33). The quantitative estimate of drug-likeness (QED) is 0.282. The summed E-state index contributed by atoms with van der Waals surface area (Å²) >= 11 is 1.16. The van der Waals surface area contributed by atoms with Crippen LogP contribution in [0.3, 0.4) is 0 Å². The van der Waals surface area contributed by atoms with Crippen molar-refractivity contribution < 1.29 is 9.18 Å². The summed E-state index contributed by atoms with van der Waals surface area (Å²) in [4.78, 5) is 29.3. The van der Waals surface area contributed by atoms with Crippen molar-refractivity contribution in [2.45, 2.75) is 10.8 Å². The Bertz CT molecular complexity index is 1410. The van der Waals surface area contributed by atoms with Crippen LogP contribution in [0.25, 0.3) is 0 Å². The molecule has 0 fully saturated rings. The van der Waals surface area contributed by atoms with Crippen LogP contribution in [0, 0.1) is 17.1 Å². The Kier molecular flexibility index (Phi) is 6.99. The number of thioether (sulfide) groups is 1. The number of benzene rings is 2. The number of hydrogen-bond donors (Lipinski definition) is 4. The molecule has 0 saturated carbocycles. The molecule has 0 spiro atoms. The molecule has 4 rings (SSSR count). The molecule has 0 saturated heterocycles. The van der Waals surface area contributed by atoms with E-state index in [1.54, 1.807) is 24.3 Å². The number of aromatic nitrogens is 4. The van der Waals surface area contributed by atoms with Crippen molar-refractivity contribution in [1.82, 2.24) is 19.9 Å². The predicted octanol–water partition coefficient (Wildman–Crippen LogP) is 3.73. The van der Waals surface area contributed by atoms with Gasteiger partial charge in [0.05, 0.1) is 16.9 Å². The first-order valence-corrected chi connectivity index (χ1v) is 11.1. The van der Waals surface area contributed by atoms with E-state index in [0.29, 0.717) is 22.2 Å². The van der Waals surface area contributed by atoms with Gasteiger partial charge in [-0.25, -0.2) is 9.37 Å². The van der Waals surface area contributed by atoms with Gasteiger partial charge in [0, 0.05) is 11.4 Å². The lowest BCUT2D eigenvalue weighted by Crippen LogP contribution is -2.15. The molecule has 2 aromatic carbocycles. The topological polar surface area (TPSA) is 169 Å². The highest BCUT2D eigenvalue weighted by Crippen LogP contribution is 2.27. The van der Waals surface area contributed by atoms with Crippen LogP contribution in [-0.4, -0.2) is 25.8 Å². The van der Waals surface area contributed by atoms with Crippen LogP contribution in [0.15, 0.2) is 65.7 Å². The van der Waals surface area contributed by atoms with Crippen LogP contribution in [0.5, 0.6) is 0 Å². The predicted molar refractivity (Wildman–Crippen MR) is 131 cm³/mol. The lowest BCUT2D eigenvalue weighted by atomic mass is 10.2. The molecule has 2 aromatic heterocycles. The van der Waals surface area contributed by atoms with Gasteiger partial charge < -0.3 is 22.1 Å². The van der Waals surface area contributed by atoms with Gasteiger partial charge in [-0.05, 0) is 42.5 Å². The molecule has 0 radical (unpaired) electrons. The monoisotopic (exact) mass is 487 g/mol. The zero-order chi connectivity index (χ0) is 24.8. The van der Waals surface area contributed by atoms with Gasteiger partial charge in [0.15, 0.2) is 0 Å². The highest BCUT2D eigenvalue weighted by atomic mass is 32.2. The molecule has 0 aliphatic carbocycles. The fraction of sp³-hybridized carbons (Fsp3) is 0.0435. The van der Waals surface area contributed by atoms with Gasteiger partial charge in [0.1, 0.15) is 28.6 Å². The summed E-state index contributed by atoms with van der Waals surface area (Å²) < 4.78 is 13.1. The van der Waals surface area contributed by atoms with E-state index in [2.05, 4.69) is 30.6 Å². The number of hydrogen-bond acceptors (Lipinski definition) is 10. The second kappa shape index (κ2) is 10.4. The number of para-hydroxylation sites is 1. The minimum absolute atomic E-state index is 0.0128. The molecule has 0 unspecified atom stereocenters. The van der Waals surface area contributed by atoms with Gasteiger partial charge in [-0.1, -0.05) is 30.0 Å². The summed E-state index contributed by atoms with van der Waals surface area (Å²) in [6.45, 7) is 0. The molecular weight excluding hydrogens is 469 g/mol. The molecule has 35 heavy (non-hydrogen) atoms. The highest BCUT2D eigenvalue weighted by Gasteiger charge is 2.17. The second-order valence-electron chi connectivity index (χ2n) is 7.06. The third kappa shape index (κ3) is 5.98. The Morgan fingerprint density at radius 2 is 1.74 bits per heavy atom. The molecular formula is C23H18FN9OS. The van der Waals surface area contributed by atoms with E-state index in [4.69, 9.17) is 11.5 Å². The number of nitriles is 1. The van der Waals surface area contributed by atoms with Crippen molar-refractivity contribution in [3.8, 4) is 6.07 Å². The number of amides is 1. The maximum Gasteiger partial charge on any atom is 0.259 e. The number of nitrogens with two attached hydrogens (primary N) is 2. The van der Waals surface area contributed by atoms with E-state index in [1.807, 2.05) is 12.1 Å². The van der Waals surface area contributed by atoms with Crippen LogP contribution in [0.2, 0.25) is 0 Å². The molecule has 12 heteroatoms. The van der Waals surface area contributed by atoms with E-state index < -0.39 is 5.91 Å². The fourth-order valence-electron chi connectivity index (χ4n) is 2.96. The minimum Gasteiger partial charge on any atom is -0.383 e. The van der Waals surface area contributed by atoms with Crippen LogP contribution in [0.1, 0.15) is 21.7 Å². The number of halogens is 1. The molecule has 174 valence electrons. The number of carbonyl (C=O) groups excluding carboxylic acids is 1. The number of rotatable bonds is 7. The van der Waals surface area contributed by atoms with Crippen molar-refractivity contribution in [1.29, 1.82) is 5.26 Å². The average Bonchev–Trinajstić information content (AvgIpc) is 2.84. The van der Waals surface area contributed by atoms with Gasteiger partial charge in [-0.2, -0.15) is 20.2 Å². The van der Waals surface area contributed by atoms with Crippen molar-refractivity contribution in [2.24, 2.45) is 0 Å².